The van der Waals surface area contributed by atoms with Crippen molar-refractivity contribution in [3.05, 3.63) is 45.8 Å². The van der Waals surface area contributed by atoms with Crippen molar-refractivity contribution in [2.24, 2.45) is 0 Å². The van der Waals surface area contributed by atoms with Crippen molar-refractivity contribution >= 4 is 40.4 Å². The molecule has 1 heterocycles. The van der Waals surface area contributed by atoms with E-state index in [9.17, 15) is 0 Å². The van der Waals surface area contributed by atoms with Gasteiger partial charge in [0.2, 0.25) is 5.28 Å². The molecular weight excluding hydrogens is 297 g/mol. The Morgan fingerprint density at radius 2 is 2.10 bits per heavy atom. The number of hydrogen-bond donors (Lipinski definition) is 3. The molecule has 2 rings (SSSR count). The molecule has 0 saturated carbocycles. The molecule has 0 unspecified atom stereocenters. The Morgan fingerprint density at radius 1 is 1.35 bits per heavy atom. The average Bonchev–Trinajstić information content (AvgIpc) is 2.40. The fraction of sp³-hybridized carbons (Fsp3) is 0.154. The minimum Gasteiger partial charge on any atom is -0.394 e. The Morgan fingerprint density at radius 3 is 2.75 bits per heavy atom. The van der Waals surface area contributed by atoms with Crippen LogP contribution in [0.2, 0.25) is 10.3 Å². The van der Waals surface area contributed by atoms with E-state index in [-0.39, 0.29) is 11.0 Å². The van der Waals surface area contributed by atoms with E-state index < -0.39 is 0 Å². The molecule has 7 heteroatoms. The number of nitrogens with two attached hydrogens (primary N) is 1. The van der Waals surface area contributed by atoms with Crippen LogP contribution in [0.15, 0.2) is 24.3 Å². The zero-order valence-corrected chi connectivity index (χ0v) is 12.3. The molecule has 5 nitrogen and oxygen atoms in total. The molecule has 0 aliphatic rings. The minimum atomic E-state index is 0.0504. The van der Waals surface area contributed by atoms with Crippen molar-refractivity contribution < 1.29 is 0 Å². The molecule has 104 valence electrons. The van der Waals surface area contributed by atoms with E-state index in [4.69, 9.17) is 34.3 Å². The zero-order valence-electron chi connectivity index (χ0n) is 10.7. The molecule has 1 aromatic carbocycles. The number of rotatable bonds is 4. The maximum absolute atomic E-state index is 8.15. The van der Waals surface area contributed by atoms with Gasteiger partial charge in [-0.3, -0.25) is 0 Å². The maximum Gasteiger partial charge on any atom is 0.225 e. The van der Waals surface area contributed by atoms with Crippen LogP contribution in [0.3, 0.4) is 0 Å². The fourth-order valence-electron chi connectivity index (χ4n) is 1.80. The third-order valence-electron chi connectivity index (χ3n) is 2.71. The van der Waals surface area contributed by atoms with Crippen LogP contribution < -0.4 is 11.1 Å². The first-order valence-corrected chi connectivity index (χ1v) is 6.60. The van der Waals surface area contributed by atoms with E-state index >= 15 is 0 Å². The fourth-order valence-corrected chi connectivity index (χ4v) is 2.18. The van der Waals surface area contributed by atoms with E-state index in [0.717, 1.165) is 5.56 Å². The van der Waals surface area contributed by atoms with Crippen LogP contribution in [0, 0.1) is 5.41 Å². The second kappa shape index (κ2) is 6.07. The van der Waals surface area contributed by atoms with Crippen molar-refractivity contribution in [1.29, 1.82) is 5.41 Å². The molecule has 0 amide bonds. The van der Waals surface area contributed by atoms with Crippen molar-refractivity contribution in [2.75, 3.05) is 18.1 Å². The molecule has 4 N–H and O–H groups in total. The first-order chi connectivity index (χ1) is 9.51. The summed E-state index contributed by atoms with van der Waals surface area (Å²) in [5.41, 5.74) is 7.73. The van der Waals surface area contributed by atoms with Gasteiger partial charge >= 0.3 is 0 Å². The Labute approximate surface area is 126 Å². The SMILES string of the molecule is CNc1nc(Cl)nc(C(=N)Cc2cccc(Cl)c2)c1N. The summed E-state index contributed by atoms with van der Waals surface area (Å²) in [6, 6.07) is 7.30. The van der Waals surface area contributed by atoms with Crippen LogP contribution >= 0.6 is 23.2 Å². The molecule has 20 heavy (non-hydrogen) atoms. The molecule has 0 spiro atoms. The second-order valence-electron chi connectivity index (χ2n) is 4.14. The van der Waals surface area contributed by atoms with Crippen LogP contribution in [0.5, 0.6) is 0 Å². The van der Waals surface area contributed by atoms with Gasteiger partial charge in [0, 0.05) is 18.5 Å². The van der Waals surface area contributed by atoms with Crippen molar-refractivity contribution in [3.63, 3.8) is 0 Å². The van der Waals surface area contributed by atoms with Crippen molar-refractivity contribution in [2.45, 2.75) is 6.42 Å². The summed E-state index contributed by atoms with van der Waals surface area (Å²) in [6.45, 7) is 0. The third-order valence-corrected chi connectivity index (χ3v) is 3.12. The highest BCUT2D eigenvalue weighted by molar-refractivity contribution is 6.30. The summed E-state index contributed by atoms with van der Waals surface area (Å²) in [4.78, 5) is 7.99. The number of nitrogen functional groups attached to an aromatic ring is 1. The number of aromatic nitrogens is 2. The highest BCUT2D eigenvalue weighted by Gasteiger charge is 2.14. The summed E-state index contributed by atoms with van der Waals surface area (Å²) in [7, 11) is 1.68. The highest BCUT2D eigenvalue weighted by Crippen LogP contribution is 2.22. The molecule has 2 aromatic rings. The maximum atomic E-state index is 8.15. The monoisotopic (exact) mass is 309 g/mol. The van der Waals surface area contributed by atoms with Gasteiger partial charge in [-0.2, -0.15) is 4.98 Å². The van der Waals surface area contributed by atoms with Crippen LogP contribution in [-0.2, 0) is 6.42 Å². The van der Waals surface area contributed by atoms with Gasteiger partial charge in [0.15, 0.2) is 5.82 Å². The van der Waals surface area contributed by atoms with Gasteiger partial charge in [-0.25, -0.2) is 4.98 Å². The average molecular weight is 310 g/mol. The zero-order chi connectivity index (χ0) is 14.7. The molecule has 0 fully saturated rings. The number of nitrogens with one attached hydrogen (secondary N) is 2. The minimum absolute atomic E-state index is 0.0504. The molecule has 0 saturated heterocycles. The van der Waals surface area contributed by atoms with Gasteiger partial charge in [0.05, 0.1) is 5.71 Å². The number of nitrogens with zero attached hydrogens (tertiary/aromatic N) is 2. The molecule has 0 aliphatic heterocycles. The molecular formula is C13H13Cl2N5. The number of halogens is 2. The van der Waals surface area contributed by atoms with Crippen LogP contribution in [0.1, 0.15) is 11.3 Å². The number of hydrogen-bond acceptors (Lipinski definition) is 5. The Bertz CT molecular complexity index is 657. The van der Waals surface area contributed by atoms with Crippen molar-refractivity contribution in [3.8, 4) is 0 Å². The van der Waals surface area contributed by atoms with Crippen LogP contribution in [0.4, 0.5) is 11.5 Å². The molecule has 0 bridgehead atoms. The Balaban J connectivity index is 2.32. The van der Waals surface area contributed by atoms with E-state index in [1.807, 2.05) is 12.1 Å². The normalized spacial score (nSPS) is 10.3. The van der Waals surface area contributed by atoms with Gasteiger partial charge in [0.25, 0.3) is 0 Å². The van der Waals surface area contributed by atoms with Crippen molar-refractivity contribution in [1.82, 2.24) is 9.97 Å². The quantitative estimate of drug-likeness (QED) is 0.598. The van der Waals surface area contributed by atoms with Gasteiger partial charge in [-0.1, -0.05) is 23.7 Å². The smallest absolute Gasteiger partial charge is 0.225 e. The predicted molar refractivity (Wildman–Crippen MR) is 83.0 cm³/mol. The molecule has 0 atom stereocenters. The summed E-state index contributed by atoms with van der Waals surface area (Å²) in [5, 5.41) is 11.6. The molecule has 0 radical (unpaired) electrons. The van der Waals surface area contributed by atoms with E-state index in [1.54, 1.807) is 19.2 Å². The number of benzene rings is 1. The summed E-state index contributed by atoms with van der Waals surface area (Å²) >= 11 is 11.8. The molecule has 0 aliphatic carbocycles. The van der Waals surface area contributed by atoms with Gasteiger partial charge < -0.3 is 16.5 Å². The standard InChI is InChI=1S/C13H13Cl2N5/c1-18-12-10(17)11(19-13(15)20-12)9(16)6-7-3-2-4-8(14)5-7/h2-5,16H,6,17H2,1H3,(H,18,19,20). The van der Waals surface area contributed by atoms with Crippen LogP contribution in [0.25, 0.3) is 0 Å². The highest BCUT2D eigenvalue weighted by atomic mass is 35.5. The summed E-state index contributed by atoms with van der Waals surface area (Å²) < 4.78 is 0. The first-order valence-electron chi connectivity index (χ1n) is 5.84. The van der Waals surface area contributed by atoms with Crippen LogP contribution in [-0.4, -0.2) is 22.7 Å². The van der Waals surface area contributed by atoms with Gasteiger partial charge in [-0.05, 0) is 29.3 Å². The first kappa shape index (κ1) is 14.6. The van der Waals surface area contributed by atoms with Gasteiger partial charge in [-0.15, -0.1) is 0 Å². The summed E-state index contributed by atoms with van der Waals surface area (Å²) in [6.07, 6.45) is 0.362. The Kier molecular flexibility index (Phi) is 4.42. The number of anilines is 2. The topological polar surface area (TPSA) is 87.7 Å². The Hall–Kier alpha value is -1.85. The third kappa shape index (κ3) is 3.18. The van der Waals surface area contributed by atoms with E-state index in [2.05, 4.69) is 15.3 Å². The summed E-state index contributed by atoms with van der Waals surface area (Å²) in [5.74, 6) is 0.413. The van der Waals surface area contributed by atoms with E-state index in [0.29, 0.717) is 28.6 Å². The second-order valence-corrected chi connectivity index (χ2v) is 4.91. The van der Waals surface area contributed by atoms with E-state index in [1.165, 1.54) is 0 Å². The lowest BCUT2D eigenvalue weighted by Crippen LogP contribution is -2.13. The van der Waals surface area contributed by atoms with Gasteiger partial charge in [0.1, 0.15) is 11.4 Å². The predicted octanol–water partition coefficient (Wildman–Crippen LogP) is 3.02. The molecule has 1 aromatic heterocycles. The lowest BCUT2D eigenvalue weighted by Gasteiger charge is -2.11. The lowest BCUT2D eigenvalue weighted by atomic mass is 10.1. The largest absolute Gasteiger partial charge is 0.394 e. The lowest BCUT2D eigenvalue weighted by molar-refractivity contribution is 1.13.